The van der Waals surface area contributed by atoms with Gasteiger partial charge in [0.2, 0.25) is 0 Å². The number of hydrogen-bond donors (Lipinski definition) is 1. The lowest BCUT2D eigenvalue weighted by molar-refractivity contribution is -0.385. The number of para-hydroxylation sites is 1. The minimum Gasteiger partial charge on any atom is -0.398 e. The van der Waals surface area contributed by atoms with Gasteiger partial charge in [0.15, 0.2) is 0 Å². The Labute approximate surface area is 123 Å². The molecule has 19 heavy (non-hydrogen) atoms. The summed E-state index contributed by atoms with van der Waals surface area (Å²) in [4.78, 5) is 11.4. The lowest BCUT2D eigenvalue weighted by Gasteiger charge is -2.07. The van der Waals surface area contributed by atoms with Gasteiger partial charge < -0.3 is 5.73 Å². The molecule has 0 fully saturated rings. The summed E-state index contributed by atoms with van der Waals surface area (Å²) in [6, 6.07) is 12.6. The quantitative estimate of drug-likeness (QED) is 0.392. The van der Waals surface area contributed by atoms with Gasteiger partial charge in [-0.3, -0.25) is 10.1 Å². The molecule has 2 rings (SSSR count). The van der Waals surface area contributed by atoms with Gasteiger partial charge in [0.05, 0.1) is 9.40 Å². The highest BCUT2D eigenvalue weighted by atomic mass is 79.9. The molecule has 98 valence electrons. The van der Waals surface area contributed by atoms with Gasteiger partial charge in [0.1, 0.15) is 0 Å². The van der Waals surface area contributed by atoms with Gasteiger partial charge in [-0.05, 0) is 33.6 Å². The number of thioether (sulfide) groups is 1. The Balaban J connectivity index is 2.19. The summed E-state index contributed by atoms with van der Waals surface area (Å²) < 4.78 is 0.530. The molecule has 0 aliphatic heterocycles. The molecule has 0 saturated heterocycles. The summed E-state index contributed by atoms with van der Waals surface area (Å²) >= 11 is 4.84. The standard InChI is InChI=1S/C13H11BrN2O2S/c14-13-9(4-3-6-11(13)16(17)18)8-19-12-7-2-1-5-10(12)15/h1-7H,8,15H2. The van der Waals surface area contributed by atoms with E-state index in [4.69, 9.17) is 5.73 Å². The lowest BCUT2D eigenvalue weighted by Crippen LogP contribution is -1.93. The molecule has 0 aliphatic rings. The van der Waals surface area contributed by atoms with Crippen molar-refractivity contribution in [2.45, 2.75) is 10.6 Å². The SMILES string of the molecule is Nc1ccccc1SCc1cccc([N+](=O)[O-])c1Br. The Bertz CT molecular complexity index is 619. The van der Waals surface area contributed by atoms with E-state index in [9.17, 15) is 10.1 Å². The maximum Gasteiger partial charge on any atom is 0.283 e. The Morgan fingerprint density at radius 1 is 1.21 bits per heavy atom. The monoisotopic (exact) mass is 338 g/mol. The van der Waals surface area contributed by atoms with Crippen LogP contribution in [0, 0.1) is 10.1 Å². The Morgan fingerprint density at radius 3 is 2.63 bits per heavy atom. The van der Waals surface area contributed by atoms with Gasteiger partial charge in [-0.15, -0.1) is 11.8 Å². The van der Waals surface area contributed by atoms with Gasteiger partial charge in [-0.2, -0.15) is 0 Å². The van der Waals surface area contributed by atoms with Crippen LogP contribution in [0.25, 0.3) is 0 Å². The van der Waals surface area contributed by atoms with E-state index in [2.05, 4.69) is 15.9 Å². The van der Waals surface area contributed by atoms with Crippen LogP contribution in [-0.4, -0.2) is 4.92 Å². The molecule has 2 aromatic rings. The van der Waals surface area contributed by atoms with E-state index in [0.717, 1.165) is 10.5 Å². The van der Waals surface area contributed by atoms with Crippen LogP contribution in [0.15, 0.2) is 51.8 Å². The molecular formula is C13H11BrN2O2S. The zero-order valence-electron chi connectivity index (χ0n) is 9.88. The molecule has 0 spiro atoms. The number of nitrogens with two attached hydrogens (primary N) is 1. The number of rotatable bonds is 4. The van der Waals surface area contributed by atoms with Crippen LogP contribution in [-0.2, 0) is 5.75 Å². The van der Waals surface area contributed by atoms with Crippen LogP contribution in [0.3, 0.4) is 0 Å². The molecule has 0 radical (unpaired) electrons. The third-order valence-corrected chi connectivity index (χ3v) is 4.61. The van der Waals surface area contributed by atoms with Crippen molar-refractivity contribution in [2.24, 2.45) is 0 Å². The average molecular weight is 339 g/mol. The molecule has 0 saturated carbocycles. The third kappa shape index (κ3) is 3.27. The van der Waals surface area contributed by atoms with Crippen LogP contribution >= 0.6 is 27.7 Å². The van der Waals surface area contributed by atoms with E-state index in [1.54, 1.807) is 17.8 Å². The number of benzene rings is 2. The first-order chi connectivity index (χ1) is 9.09. The van der Waals surface area contributed by atoms with Crippen LogP contribution in [0.4, 0.5) is 11.4 Å². The van der Waals surface area contributed by atoms with E-state index in [1.807, 2.05) is 30.3 Å². The Hall–Kier alpha value is -1.53. The number of nitro benzene ring substituents is 1. The van der Waals surface area contributed by atoms with Gasteiger partial charge in [0.25, 0.3) is 5.69 Å². The van der Waals surface area contributed by atoms with E-state index >= 15 is 0 Å². The summed E-state index contributed by atoms with van der Waals surface area (Å²) in [5, 5.41) is 10.9. The topological polar surface area (TPSA) is 69.2 Å². The average Bonchev–Trinajstić information content (AvgIpc) is 2.39. The summed E-state index contributed by atoms with van der Waals surface area (Å²) in [5.74, 6) is 0.622. The zero-order valence-corrected chi connectivity index (χ0v) is 12.3. The molecule has 0 aromatic heterocycles. The molecule has 4 nitrogen and oxygen atoms in total. The van der Waals surface area contributed by atoms with Crippen molar-refractivity contribution >= 4 is 39.1 Å². The van der Waals surface area contributed by atoms with Crippen molar-refractivity contribution in [1.29, 1.82) is 0 Å². The number of nitro groups is 1. The van der Waals surface area contributed by atoms with Crippen LogP contribution < -0.4 is 5.73 Å². The molecule has 6 heteroatoms. The van der Waals surface area contributed by atoms with Crippen molar-refractivity contribution in [1.82, 2.24) is 0 Å². The predicted octanol–water partition coefficient (Wildman–Crippen LogP) is 4.23. The predicted molar refractivity (Wildman–Crippen MR) is 81.2 cm³/mol. The van der Waals surface area contributed by atoms with Gasteiger partial charge >= 0.3 is 0 Å². The van der Waals surface area contributed by atoms with Crippen molar-refractivity contribution in [3.05, 3.63) is 62.6 Å². The van der Waals surface area contributed by atoms with Crippen LogP contribution in [0.1, 0.15) is 5.56 Å². The molecule has 0 bridgehead atoms. The molecular weight excluding hydrogens is 328 g/mol. The smallest absolute Gasteiger partial charge is 0.283 e. The maximum atomic E-state index is 10.9. The molecule has 0 heterocycles. The van der Waals surface area contributed by atoms with E-state index in [-0.39, 0.29) is 5.69 Å². The van der Waals surface area contributed by atoms with E-state index in [1.165, 1.54) is 6.07 Å². The largest absolute Gasteiger partial charge is 0.398 e. The number of halogens is 1. The first-order valence-electron chi connectivity index (χ1n) is 5.48. The van der Waals surface area contributed by atoms with Gasteiger partial charge in [-0.1, -0.05) is 24.3 Å². The maximum absolute atomic E-state index is 10.9. The minimum atomic E-state index is -0.394. The fourth-order valence-corrected chi connectivity index (χ4v) is 3.28. The minimum absolute atomic E-state index is 0.0825. The highest BCUT2D eigenvalue weighted by Gasteiger charge is 2.14. The van der Waals surface area contributed by atoms with Crippen molar-refractivity contribution in [3.63, 3.8) is 0 Å². The summed E-state index contributed by atoms with van der Waals surface area (Å²) in [5.41, 5.74) is 7.54. The fraction of sp³-hybridized carbons (Fsp3) is 0.0769. The number of nitrogens with zero attached hydrogens (tertiary/aromatic N) is 1. The molecule has 0 amide bonds. The van der Waals surface area contributed by atoms with Gasteiger partial charge in [-0.25, -0.2) is 0 Å². The first kappa shape index (κ1) is 13.9. The Kier molecular flexibility index (Phi) is 4.44. The summed E-state index contributed by atoms with van der Waals surface area (Å²) in [6.45, 7) is 0. The number of anilines is 1. The molecule has 2 aromatic carbocycles. The normalized spacial score (nSPS) is 10.4. The van der Waals surface area contributed by atoms with Crippen molar-refractivity contribution in [2.75, 3.05) is 5.73 Å². The van der Waals surface area contributed by atoms with Crippen LogP contribution in [0.2, 0.25) is 0 Å². The second-order valence-corrected chi connectivity index (χ2v) is 5.64. The molecule has 2 N–H and O–H groups in total. The fourth-order valence-electron chi connectivity index (χ4n) is 1.59. The van der Waals surface area contributed by atoms with Gasteiger partial charge in [0, 0.05) is 22.4 Å². The highest BCUT2D eigenvalue weighted by Crippen LogP contribution is 2.34. The second kappa shape index (κ2) is 6.08. The third-order valence-electron chi connectivity index (χ3n) is 2.56. The van der Waals surface area contributed by atoms with Crippen molar-refractivity contribution < 1.29 is 4.92 Å². The molecule has 0 unspecified atom stereocenters. The first-order valence-corrected chi connectivity index (χ1v) is 7.26. The second-order valence-electron chi connectivity index (χ2n) is 3.83. The molecule has 0 aliphatic carbocycles. The lowest BCUT2D eigenvalue weighted by atomic mass is 10.2. The summed E-state index contributed by atoms with van der Waals surface area (Å²) in [6.07, 6.45) is 0. The molecule has 0 atom stereocenters. The Morgan fingerprint density at radius 2 is 1.95 bits per heavy atom. The summed E-state index contributed by atoms with van der Waals surface area (Å²) in [7, 11) is 0. The van der Waals surface area contributed by atoms with E-state index in [0.29, 0.717) is 15.9 Å². The van der Waals surface area contributed by atoms with Crippen molar-refractivity contribution in [3.8, 4) is 0 Å². The highest BCUT2D eigenvalue weighted by molar-refractivity contribution is 9.10. The zero-order chi connectivity index (χ0) is 13.8. The number of hydrogen-bond acceptors (Lipinski definition) is 4. The number of nitrogen functional groups attached to an aromatic ring is 1. The van der Waals surface area contributed by atoms with Crippen LogP contribution in [0.5, 0.6) is 0 Å². The van der Waals surface area contributed by atoms with E-state index < -0.39 is 4.92 Å².